The van der Waals surface area contributed by atoms with Crippen LogP contribution in [0.5, 0.6) is 0 Å². The first-order valence-corrected chi connectivity index (χ1v) is 5.63. The number of halogens is 2. The second-order valence-electron chi connectivity index (χ2n) is 5.14. The Morgan fingerprint density at radius 3 is 2.53 bits per heavy atom. The molecular formula is C12H13ClFN. The van der Waals surface area contributed by atoms with Gasteiger partial charge in [0.25, 0.3) is 0 Å². The molecule has 0 radical (unpaired) electrons. The maximum atomic E-state index is 12.9. The summed E-state index contributed by atoms with van der Waals surface area (Å²) in [6.45, 7) is 0.771. The normalized spacial score (nSPS) is 37.0. The number of benzene rings is 1. The second-order valence-corrected chi connectivity index (χ2v) is 5.55. The molecule has 2 N–H and O–H groups in total. The Balaban J connectivity index is 1.91. The zero-order chi connectivity index (χ0) is 10.7. The van der Waals surface area contributed by atoms with Gasteiger partial charge in [0, 0.05) is 5.02 Å². The van der Waals surface area contributed by atoms with E-state index in [1.165, 1.54) is 12.1 Å². The van der Waals surface area contributed by atoms with Crippen LogP contribution in [-0.2, 0) is 5.41 Å². The van der Waals surface area contributed by atoms with Crippen LogP contribution in [0.4, 0.5) is 4.39 Å². The van der Waals surface area contributed by atoms with E-state index in [4.69, 9.17) is 17.3 Å². The molecule has 0 aromatic heterocycles. The maximum Gasteiger partial charge on any atom is 0.124 e. The molecule has 3 fully saturated rings. The molecule has 0 unspecified atom stereocenters. The van der Waals surface area contributed by atoms with Crippen LogP contribution in [0, 0.1) is 11.2 Å². The molecule has 3 heteroatoms. The number of hydrogen-bond acceptors (Lipinski definition) is 1. The molecule has 0 spiro atoms. The van der Waals surface area contributed by atoms with Gasteiger partial charge >= 0.3 is 0 Å². The highest BCUT2D eigenvalue weighted by Gasteiger charge is 2.67. The number of hydrogen-bond donors (Lipinski definition) is 1. The van der Waals surface area contributed by atoms with Crippen molar-refractivity contribution in [3.63, 3.8) is 0 Å². The lowest BCUT2D eigenvalue weighted by Crippen LogP contribution is -2.67. The molecule has 0 amide bonds. The average molecular weight is 226 g/mol. The van der Waals surface area contributed by atoms with Crippen LogP contribution in [0.1, 0.15) is 24.8 Å². The van der Waals surface area contributed by atoms with Crippen LogP contribution in [0.15, 0.2) is 18.2 Å². The van der Waals surface area contributed by atoms with E-state index in [0.29, 0.717) is 10.4 Å². The Kier molecular flexibility index (Phi) is 1.76. The number of nitrogens with two attached hydrogens (primary N) is 1. The van der Waals surface area contributed by atoms with Crippen LogP contribution >= 0.6 is 11.6 Å². The Morgan fingerprint density at radius 2 is 2.00 bits per heavy atom. The van der Waals surface area contributed by atoms with E-state index in [-0.39, 0.29) is 11.2 Å². The molecule has 0 aliphatic heterocycles. The van der Waals surface area contributed by atoms with E-state index in [0.717, 1.165) is 31.4 Å². The van der Waals surface area contributed by atoms with Crippen molar-refractivity contribution in [2.24, 2.45) is 11.1 Å². The average Bonchev–Trinajstić information content (AvgIpc) is 2.04. The van der Waals surface area contributed by atoms with Crippen LogP contribution in [0.3, 0.4) is 0 Å². The van der Waals surface area contributed by atoms with Gasteiger partial charge in [0.1, 0.15) is 5.82 Å². The van der Waals surface area contributed by atoms with Crippen molar-refractivity contribution in [1.82, 2.24) is 0 Å². The van der Waals surface area contributed by atoms with Gasteiger partial charge in [-0.1, -0.05) is 17.7 Å². The molecule has 3 aliphatic carbocycles. The first-order chi connectivity index (χ1) is 7.09. The zero-order valence-electron chi connectivity index (χ0n) is 8.39. The van der Waals surface area contributed by atoms with E-state index >= 15 is 0 Å². The van der Waals surface area contributed by atoms with Gasteiger partial charge in [0.15, 0.2) is 0 Å². The van der Waals surface area contributed by atoms with Crippen LogP contribution in [0.25, 0.3) is 0 Å². The van der Waals surface area contributed by atoms with Crippen molar-refractivity contribution in [1.29, 1.82) is 0 Å². The lowest BCUT2D eigenvalue weighted by molar-refractivity contribution is -0.132. The first-order valence-electron chi connectivity index (χ1n) is 5.25. The first kappa shape index (κ1) is 9.61. The summed E-state index contributed by atoms with van der Waals surface area (Å²) >= 11 is 6.07. The maximum absolute atomic E-state index is 12.9. The zero-order valence-corrected chi connectivity index (χ0v) is 9.15. The molecule has 0 atom stereocenters. The summed E-state index contributed by atoms with van der Waals surface area (Å²) in [4.78, 5) is 0. The standard InChI is InChI=1S/C12H13ClFN/c13-10-3-8(14)1-2-9(10)12-4-11(5-12,6-12)7-15/h1-3H,4-7,15H2. The van der Waals surface area contributed by atoms with Gasteiger partial charge in [-0.3, -0.25) is 0 Å². The second kappa shape index (κ2) is 2.74. The van der Waals surface area contributed by atoms with E-state index in [1.54, 1.807) is 0 Å². The van der Waals surface area contributed by atoms with Crippen molar-refractivity contribution in [3.8, 4) is 0 Å². The van der Waals surface area contributed by atoms with Crippen molar-refractivity contribution < 1.29 is 4.39 Å². The minimum atomic E-state index is -0.260. The van der Waals surface area contributed by atoms with E-state index < -0.39 is 0 Å². The molecule has 15 heavy (non-hydrogen) atoms. The van der Waals surface area contributed by atoms with E-state index in [2.05, 4.69) is 0 Å². The summed E-state index contributed by atoms with van der Waals surface area (Å²) in [6, 6.07) is 4.74. The highest BCUT2D eigenvalue weighted by Crippen LogP contribution is 2.73. The summed E-state index contributed by atoms with van der Waals surface area (Å²) in [7, 11) is 0. The minimum absolute atomic E-state index is 0.226. The van der Waals surface area contributed by atoms with Gasteiger partial charge in [-0.25, -0.2) is 4.39 Å². The van der Waals surface area contributed by atoms with E-state index in [1.807, 2.05) is 6.07 Å². The highest BCUT2D eigenvalue weighted by atomic mass is 35.5. The van der Waals surface area contributed by atoms with Gasteiger partial charge in [0.05, 0.1) is 0 Å². The predicted molar refractivity (Wildman–Crippen MR) is 58.4 cm³/mol. The smallest absolute Gasteiger partial charge is 0.124 e. The van der Waals surface area contributed by atoms with Gasteiger partial charge in [0.2, 0.25) is 0 Å². The van der Waals surface area contributed by atoms with Crippen LogP contribution < -0.4 is 5.73 Å². The largest absolute Gasteiger partial charge is 0.330 e. The molecule has 80 valence electrons. The van der Waals surface area contributed by atoms with Gasteiger partial charge in [-0.15, -0.1) is 0 Å². The molecule has 2 bridgehead atoms. The van der Waals surface area contributed by atoms with Gasteiger partial charge in [-0.2, -0.15) is 0 Å². The van der Waals surface area contributed by atoms with Gasteiger partial charge < -0.3 is 5.73 Å². The third-order valence-corrected chi connectivity index (χ3v) is 4.39. The summed E-state index contributed by atoms with van der Waals surface area (Å²) in [5, 5.41) is 0.570. The van der Waals surface area contributed by atoms with Crippen molar-refractivity contribution in [3.05, 3.63) is 34.6 Å². The quantitative estimate of drug-likeness (QED) is 0.823. The summed E-state index contributed by atoms with van der Waals surface area (Å²) in [5.74, 6) is -0.260. The van der Waals surface area contributed by atoms with Gasteiger partial charge in [-0.05, 0) is 54.3 Å². The topological polar surface area (TPSA) is 26.0 Å². The molecular weight excluding hydrogens is 213 g/mol. The lowest BCUT2D eigenvalue weighted by Gasteiger charge is -2.71. The number of rotatable bonds is 2. The molecule has 4 rings (SSSR count). The van der Waals surface area contributed by atoms with Crippen molar-refractivity contribution in [2.75, 3.05) is 6.54 Å². The Labute approximate surface area is 93.4 Å². The molecule has 3 saturated carbocycles. The molecule has 1 nitrogen and oxygen atoms in total. The van der Waals surface area contributed by atoms with Crippen molar-refractivity contribution >= 4 is 11.6 Å². The fraction of sp³-hybridized carbons (Fsp3) is 0.500. The Morgan fingerprint density at radius 1 is 1.33 bits per heavy atom. The minimum Gasteiger partial charge on any atom is -0.330 e. The lowest BCUT2D eigenvalue weighted by atomic mass is 9.33. The highest BCUT2D eigenvalue weighted by molar-refractivity contribution is 6.31. The predicted octanol–water partition coefficient (Wildman–Crippen LogP) is 2.86. The molecule has 1 aromatic carbocycles. The molecule has 0 heterocycles. The SMILES string of the molecule is NCC12CC(c3ccc(F)cc3Cl)(C1)C2. The van der Waals surface area contributed by atoms with E-state index in [9.17, 15) is 4.39 Å². The van der Waals surface area contributed by atoms with Crippen LogP contribution in [-0.4, -0.2) is 6.54 Å². The fourth-order valence-electron chi connectivity index (χ4n) is 3.42. The summed E-state index contributed by atoms with van der Waals surface area (Å²) in [6.07, 6.45) is 3.38. The molecule has 3 aliphatic rings. The third-order valence-electron chi connectivity index (χ3n) is 4.08. The Bertz CT molecular complexity index is 410. The Hall–Kier alpha value is -0.600. The van der Waals surface area contributed by atoms with Crippen LogP contribution in [0.2, 0.25) is 5.02 Å². The fourth-order valence-corrected chi connectivity index (χ4v) is 3.79. The molecule has 1 aromatic rings. The third kappa shape index (κ3) is 1.12. The van der Waals surface area contributed by atoms with Crippen molar-refractivity contribution in [2.45, 2.75) is 24.7 Å². The summed E-state index contributed by atoms with van der Waals surface area (Å²) < 4.78 is 12.9. The monoisotopic (exact) mass is 225 g/mol. The molecule has 0 saturated heterocycles. The summed E-state index contributed by atoms with van der Waals surface area (Å²) in [5.41, 5.74) is 7.44.